The smallest absolute Gasteiger partial charge is 0.132 e. The van der Waals surface area contributed by atoms with Gasteiger partial charge in [-0.15, -0.1) is 11.6 Å². The molecule has 0 radical (unpaired) electrons. The van der Waals surface area contributed by atoms with Crippen LogP contribution in [-0.2, 0) is 12.3 Å². The van der Waals surface area contributed by atoms with E-state index in [-0.39, 0.29) is 0 Å². The summed E-state index contributed by atoms with van der Waals surface area (Å²) in [6.07, 6.45) is 2.46. The molecule has 0 spiro atoms. The van der Waals surface area contributed by atoms with Gasteiger partial charge in [-0.3, -0.25) is 0 Å². The van der Waals surface area contributed by atoms with E-state index in [1.54, 1.807) is 6.20 Å². The number of hydrogen-bond donors (Lipinski definition) is 0. The van der Waals surface area contributed by atoms with Crippen LogP contribution in [0.1, 0.15) is 17.1 Å². The lowest BCUT2D eigenvalue weighted by Gasteiger charge is -2.04. The molecular formula is C12H10BrClN2. The van der Waals surface area contributed by atoms with Gasteiger partial charge in [-0.05, 0) is 17.7 Å². The first-order valence-corrected chi connectivity index (χ1v) is 6.22. The maximum absolute atomic E-state index is 5.73. The summed E-state index contributed by atoms with van der Waals surface area (Å²) < 4.78 is 1.08. The van der Waals surface area contributed by atoms with Gasteiger partial charge in [-0.1, -0.05) is 34.1 Å². The van der Waals surface area contributed by atoms with Gasteiger partial charge in [0.05, 0.1) is 11.6 Å². The van der Waals surface area contributed by atoms with Crippen molar-refractivity contribution < 1.29 is 0 Å². The Labute approximate surface area is 108 Å². The molecular weight excluding hydrogens is 288 g/mol. The van der Waals surface area contributed by atoms with Gasteiger partial charge < -0.3 is 0 Å². The number of alkyl halides is 1. The summed E-state index contributed by atoms with van der Waals surface area (Å²) in [6.45, 7) is 0. The third kappa shape index (κ3) is 2.80. The number of nitrogens with zero attached hydrogens (tertiary/aromatic N) is 2. The van der Waals surface area contributed by atoms with Crippen molar-refractivity contribution in [3.05, 3.63) is 58.1 Å². The van der Waals surface area contributed by atoms with Gasteiger partial charge in [-0.2, -0.15) is 0 Å². The first-order chi connectivity index (χ1) is 7.79. The summed E-state index contributed by atoms with van der Waals surface area (Å²) in [5, 5.41) is 0. The maximum Gasteiger partial charge on any atom is 0.132 e. The summed E-state index contributed by atoms with van der Waals surface area (Å²) in [6, 6.07) is 9.90. The highest BCUT2D eigenvalue weighted by atomic mass is 79.9. The third-order valence-corrected chi connectivity index (χ3v) is 3.25. The van der Waals surface area contributed by atoms with Gasteiger partial charge in [0.2, 0.25) is 0 Å². The minimum absolute atomic E-state index is 0.422. The molecule has 1 aromatic heterocycles. The largest absolute Gasteiger partial charge is 0.241 e. The maximum atomic E-state index is 5.73. The molecule has 0 bridgehead atoms. The van der Waals surface area contributed by atoms with Crippen molar-refractivity contribution in [2.24, 2.45) is 0 Å². The van der Waals surface area contributed by atoms with E-state index in [2.05, 4.69) is 32.0 Å². The Morgan fingerprint density at radius 1 is 1.19 bits per heavy atom. The zero-order valence-electron chi connectivity index (χ0n) is 8.53. The van der Waals surface area contributed by atoms with Gasteiger partial charge in [0, 0.05) is 17.1 Å². The molecule has 16 heavy (non-hydrogen) atoms. The normalized spacial score (nSPS) is 10.4. The summed E-state index contributed by atoms with van der Waals surface area (Å²) in [4.78, 5) is 8.60. The average molecular weight is 298 g/mol. The first-order valence-electron chi connectivity index (χ1n) is 4.90. The lowest BCUT2D eigenvalue weighted by Crippen LogP contribution is -1.99. The van der Waals surface area contributed by atoms with Crippen LogP contribution < -0.4 is 0 Å². The summed E-state index contributed by atoms with van der Waals surface area (Å²) >= 11 is 9.24. The van der Waals surface area contributed by atoms with Crippen LogP contribution in [0.4, 0.5) is 0 Å². The van der Waals surface area contributed by atoms with E-state index in [0.717, 1.165) is 16.0 Å². The van der Waals surface area contributed by atoms with Gasteiger partial charge in [0.25, 0.3) is 0 Å². The lowest BCUT2D eigenvalue weighted by atomic mass is 10.1. The Morgan fingerprint density at radius 2 is 2.00 bits per heavy atom. The Bertz CT molecular complexity index is 488. The van der Waals surface area contributed by atoms with Gasteiger partial charge >= 0.3 is 0 Å². The van der Waals surface area contributed by atoms with E-state index >= 15 is 0 Å². The van der Waals surface area contributed by atoms with Crippen LogP contribution in [0.15, 0.2) is 41.0 Å². The molecule has 2 aromatic rings. The highest BCUT2D eigenvalue weighted by Gasteiger charge is 2.03. The zero-order valence-corrected chi connectivity index (χ0v) is 10.9. The molecule has 0 aliphatic heterocycles. The SMILES string of the molecule is ClCc1ccnc(Cc2ccccc2Br)n1. The topological polar surface area (TPSA) is 25.8 Å². The highest BCUT2D eigenvalue weighted by Crippen LogP contribution is 2.18. The van der Waals surface area contributed by atoms with Crippen molar-refractivity contribution >= 4 is 27.5 Å². The molecule has 82 valence electrons. The summed E-state index contributed by atoms with van der Waals surface area (Å²) in [5.41, 5.74) is 2.04. The van der Waals surface area contributed by atoms with Crippen molar-refractivity contribution in [1.82, 2.24) is 9.97 Å². The molecule has 0 aliphatic rings. The van der Waals surface area contributed by atoms with E-state index in [1.165, 1.54) is 5.56 Å². The Balaban J connectivity index is 2.24. The molecule has 0 saturated carbocycles. The predicted molar refractivity (Wildman–Crippen MR) is 68.5 cm³/mol. The number of halogens is 2. The molecule has 1 aromatic carbocycles. The Hall–Kier alpha value is -0.930. The number of rotatable bonds is 3. The number of benzene rings is 1. The summed E-state index contributed by atoms with van der Waals surface area (Å²) in [5.74, 6) is 1.22. The molecule has 0 aliphatic carbocycles. The van der Waals surface area contributed by atoms with Crippen LogP contribution in [0.3, 0.4) is 0 Å². The lowest BCUT2D eigenvalue weighted by molar-refractivity contribution is 0.933. The predicted octanol–water partition coefficient (Wildman–Crippen LogP) is 3.57. The fourth-order valence-corrected chi connectivity index (χ4v) is 1.99. The van der Waals surface area contributed by atoms with Crippen LogP contribution >= 0.6 is 27.5 Å². The minimum atomic E-state index is 0.422. The molecule has 1 heterocycles. The van der Waals surface area contributed by atoms with E-state index in [1.807, 2.05) is 24.3 Å². The second-order valence-electron chi connectivity index (χ2n) is 3.37. The van der Waals surface area contributed by atoms with E-state index in [9.17, 15) is 0 Å². The Morgan fingerprint density at radius 3 is 2.75 bits per heavy atom. The summed E-state index contributed by atoms with van der Waals surface area (Å²) in [7, 11) is 0. The molecule has 0 saturated heterocycles. The van der Waals surface area contributed by atoms with Crippen LogP contribution in [0.5, 0.6) is 0 Å². The minimum Gasteiger partial charge on any atom is -0.241 e. The standard InChI is InChI=1S/C12H10BrClN2/c13-11-4-2-1-3-9(11)7-12-15-6-5-10(8-14)16-12/h1-6H,7-8H2. The van der Waals surface area contributed by atoms with Crippen molar-refractivity contribution in [3.63, 3.8) is 0 Å². The molecule has 4 heteroatoms. The van der Waals surface area contributed by atoms with Crippen molar-refractivity contribution in [2.75, 3.05) is 0 Å². The van der Waals surface area contributed by atoms with Crippen LogP contribution in [-0.4, -0.2) is 9.97 Å². The van der Waals surface area contributed by atoms with E-state index in [4.69, 9.17) is 11.6 Å². The van der Waals surface area contributed by atoms with Gasteiger partial charge in [0.1, 0.15) is 5.82 Å². The van der Waals surface area contributed by atoms with Crippen molar-refractivity contribution in [1.29, 1.82) is 0 Å². The highest BCUT2D eigenvalue weighted by molar-refractivity contribution is 9.10. The Kier molecular flexibility index (Phi) is 3.91. The van der Waals surface area contributed by atoms with Crippen molar-refractivity contribution in [3.8, 4) is 0 Å². The second kappa shape index (κ2) is 5.41. The number of aromatic nitrogens is 2. The monoisotopic (exact) mass is 296 g/mol. The molecule has 0 unspecified atom stereocenters. The van der Waals surface area contributed by atoms with Crippen LogP contribution in [0.25, 0.3) is 0 Å². The van der Waals surface area contributed by atoms with Gasteiger partial charge in [-0.25, -0.2) is 9.97 Å². The van der Waals surface area contributed by atoms with E-state index < -0.39 is 0 Å². The van der Waals surface area contributed by atoms with Crippen molar-refractivity contribution in [2.45, 2.75) is 12.3 Å². The van der Waals surface area contributed by atoms with E-state index in [0.29, 0.717) is 12.3 Å². The zero-order chi connectivity index (χ0) is 11.4. The molecule has 0 atom stereocenters. The number of hydrogen-bond acceptors (Lipinski definition) is 2. The average Bonchev–Trinajstić information content (AvgIpc) is 2.32. The fourth-order valence-electron chi connectivity index (χ4n) is 1.41. The molecule has 2 rings (SSSR count). The molecule has 0 amide bonds. The fraction of sp³-hybridized carbons (Fsp3) is 0.167. The quantitative estimate of drug-likeness (QED) is 0.810. The second-order valence-corrected chi connectivity index (χ2v) is 4.49. The molecule has 0 N–H and O–H groups in total. The third-order valence-electron chi connectivity index (χ3n) is 2.21. The van der Waals surface area contributed by atoms with Crippen LogP contribution in [0, 0.1) is 0 Å². The molecule has 2 nitrogen and oxygen atoms in total. The van der Waals surface area contributed by atoms with Crippen LogP contribution in [0.2, 0.25) is 0 Å². The van der Waals surface area contributed by atoms with Gasteiger partial charge in [0.15, 0.2) is 0 Å². The first kappa shape index (κ1) is 11.6. The molecule has 0 fully saturated rings.